The van der Waals surface area contributed by atoms with Crippen LogP contribution in [0.25, 0.3) is 0 Å². The highest BCUT2D eigenvalue weighted by Crippen LogP contribution is 2.30. The molecule has 1 aliphatic rings. The monoisotopic (exact) mass is 410 g/mol. The number of nitrogens with zero attached hydrogens (tertiary/aromatic N) is 2. The fraction of sp³-hybridized carbons (Fsp3) is 0.318. The van der Waals surface area contributed by atoms with Gasteiger partial charge in [0.15, 0.2) is 11.5 Å². The van der Waals surface area contributed by atoms with Crippen molar-refractivity contribution in [2.24, 2.45) is 5.10 Å². The molecule has 1 saturated heterocycles. The van der Waals surface area contributed by atoms with Crippen molar-refractivity contribution in [3.8, 4) is 11.5 Å². The van der Waals surface area contributed by atoms with Crippen molar-refractivity contribution >= 4 is 29.4 Å². The Kier molecular flexibility index (Phi) is 6.90. The summed E-state index contributed by atoms with van der Waals surface area (Å²) in [5.74, 6) is 0.932. The molecule has 2 aromatic rings. The van der Waals surface area contributed by atoms with Crippen LogP contribution in [0.1, 0.15) is 25.3 Å². The van der Waals surface area contributed by atoms with E-state index in [1.165, 1.54) is 6.92 Å². The predicted octanol–water partition coefficient (Wildman–Crippen LogP) is 3.10. The number of nitrogens with one attached hydrogen (secondary N) is 2. The molecule has 1 atom stereocenters. The average molecular weight is 410 g/mol. The molecule has 1 heterocycles. The fourth-order valence-corrected chi connectivity index (χ4v) is 3.29. The molecule has 158 valence electrons. The average Bonchev–Trinajstić information content (AvgIpc) is 3.21. The third-order valence-corrected chi connectivity index (χ3v) is 4.76. The molecule has 2 aromatic carbocycles. The SMILES string of the molecule is COc1ccc(NC(=O)C2CCCN2/N=C/c2ccc(NC(C)=O)cc2)cc1OC. The van der Waals surface area contributed by atoms with Gasteiger partial charge in [0.1, 0.15) is 6.04 Å². The van der Waals surface area contributed by atoms with Crippen molar-refractivity contribution in [3.63, 3.8) is 0 Å². The van der Waals surface area contributed by atoms with Crippen LogP contribution in [0.4, 0.5) is 11.4 Å². The summed E-state index contributed by atoms with van der Waals surface area (Å²) in [6.07, 6.45) is 3.35. The minimum Gasteiger partial charge on any atom is -0.493 e. The lowest BCUT2D eigenvalue weighted by molar-refractivity contribution is -0.120. The smallest absolute Gasteiger partial charge is 0.248 e. The van der Waals surface area contributed by atoms with Gasteiger partial charge in [-0.2, -0.15) is 5.10 Å². The second kappa shape index (κ2) is 9.78. The first-order chi connectivity index (χ1) is 14.5. The molecule has 0 radical (unpaired) electrons. The Morgan fingerprint density at radius 2 is 1.73 bits per heavy atom. The molecule has 0 spiro atoms. The van der Waals surface area contributed by atoms with E-state index in [1.54, 1.807) is 43.6 Å². The van der Waals surface area contributed by atoms with Crippen LogP contribution in [0.2, 0.25) is 0 Å². The molecular formula is C22H26N4O4. The van der Waals surface area contributed by atoms with Gasteiger partial charge in [-0.3, -0.25) is 14.6 Å². The number of ether oxygens (including phenoxy) is 2. The number of hydrazone groups is 1. The van der Waals surface area contributed by atoms with Gasteiger partial charge in [0.2, 0.25) is 11.8 Å². The molecular weight excluding hydrogens is 384 g/mol. The van der Waals surface area contributed by atoms with E-state index >= 15 is 0 Å². The summed E-state index contributed by atoms with van der Waals surface area (Å²) in [6.45, 7) is 2.18. The number of anilines is 2. The van der Waals surface area contributed by atoms with Crippen molar-refractivity contribution in [2.45, 2.75) is 25.8 Å². The lowest BCUT2D eigenvalue weighted by Gasteiger charge is -2.21. The summed E-state index contributed by atoms with van der Waals surface area (Å²) in [5.41, 5.74) is 2.25. The Balaban J connectivity index is 1.64. The molecule has 1 fully saturated rings. The summed E-state index contributed by atoms with van der Waals surface area (Å²) < 4.78 is 10.5. The van der Waals surface area contributed by atoms with Gasteiger partial charge >= 0.3 is 0 Å². The van der Waals surface area contributed by atoms with E-state index in [1.807, 2.05) is 24.3 Å². The number of hydrogen-bond donors (Lipinski definition) is 2. The molecule has 0 aliphatic carbocycles. The lowest BCUT2D eigenvalue weighted by Crippen LogP contribution is -2.36. The van der Waals surface area contributed by atoms with Crippen molar-refractivity contribution in [3.05, 3.63) is 48.0 Å². The van der Waals surface area contributed by atoms with Crippen molar-refractivity contribution in [1.29, 1.82) is 0 Å². The first kappa shape index (κ1) is 21.2. The second-order valence-corrected chi connectivity index (χ2v) is 6.93. The fourth-order valence-electron chi connectivity index (χ4n) is 3.29. The summed E-state index contributed by atoms with van der Waals surface area (Å²) >= 11 is 0. The van der Waals surface area contributed by atoms with Crippen molar-refractivity contribution in [1.82, 2.24) is 5.01 Å². The summed E-state index contributed by atoms with van der Waals surface area (Å²) in [5, 5.41) is 12.0. The number of methoxy groups -OCH3 is 2. The highest BCUT2D eigenvalue weighted by Gasteiger charge is 2.30. The quantitative estimate of drug-likeness (QED) is 0.685. The van der Waals surface area contributed by atoms with Crippen LogP contribution in [-0.4, -0.2) is 49.8 Å². The van der Waals surface area contributed by atoms with E-state index in [-0.39, 0.29) is 17.9 Å². The van der Waals surface area contributed by atoms with Crippen molar-refractivity contribution < 1.29 is 19.1 Å². The van der Waals surface area contributed by atoms with E-state index in [9.17, 15) is 9.59 Å². The molecule has 30 heavy (non-hydrogen) atoms. The van der Waals surface area contributed by atoms with Gasteiger partial charge in [-0.1, -0.05) is 12.1 Å². The molecule has 2 N–H and O–H groups in total. The third-order valence-electron chi connectivity index (χ3n) is 4.76. The maximum Gasteiger partial charge on any atom is 0.248 e. The van der Waals surface area contributed by atoms with Gasteiger partial charge < -0.3 is 20.1 Å². The van der Waals surface area contributed by atoms with Crippen LogP contribution in [0.5, 0.6) is 11.5 Å². The Labute approximate surface area is 175 Å². The minimum absolute atomic E-state index is 0.113. The second-order valence-electron chi connectivity index (χ2n) is 6.93. The van der Waals surface area contributed by atoms with Crippen LogP contribution in [0.15, 0.2) is 47.6 Å². The maximum atomic E-state index is 12.8. The van der Waals surface area contributed by atoms with Gasteiger partial charge in [-0.15, -0.1) is 0 Å². The van der Waals surface area contributed by atoms with E-state index in [4.69, 9.17) is 9.47 Å². The number of rotatable bonds is 7. The van der Waals surface area contributed by atoms with E-state index < -0.39 is 0 Å². The Bertz CT molecular complexity index is 927. The Hall–Kier alpha value is -3.55. The maximum absolute atomic E-state index is 12.8. The largest absolute Gasteiger partial charge is 0.493 e. The zero-order valence-electron chi connectivity index (χ0n) is 17.3. The predicted molar refractivity (Wildman–Crippen MR) is 116 cm³/mol. The first-order valence-corrected chi connectivity index (χ1v) is 9.71. The minimum atomic E-state index is -0.340. The van der Waals surface area contributed by atoms with Gasteiger partial charge in [-0.25, -0.2) is 0 Å². The number of benzene rings is 2. The lowest BCUT2D eigenvalue weighted by atomic mass is 10.2. The molecule has 8 nitrogen and oxygen atoms in total. The van der Waals surface area contributed by atoms with Gasteiger partial charge in [-0.05, 0) is 42.7 Å². The van der Waals surface area contributed by atoms with Gasteiger partial charge in [0.25, 0.3) is 0 Å². The molecule has 2 amide bonds. The molecule has 8 heteroatoms. The summed E-state index contributed by atoms with van der Waals surface area (Å²) in [4.78, 5) is 23.9. The topological polar surface area (TPSA) is 92.3 Å². The van der Waals surface area contributed by atoms with Crippen LogP contribution in [0, 0.1) is 0 Å². The van der Waals surface area contributed by atoms with E-state index in [0.717, 1.165) is 24.1 Å². The zero-order chi connectivity index (χ0) is 21.5. The summed E-state index contributed by atoms with van der Waals surface area (Å²) in [7, 11) is 3.12. The van der Waals surface area contributed by atoms with Crippen LogP contribution in [-0.2, 0) is 9.59 Å². The number of carbonyl (C=O) groups excluding carboxylic acids is 2. The summed E-state index contributed by atoms with van der Waals surface area (Å²) in [6, 6.07) is 12.3. The Morgan fingerprint density at radius 1 is 1.03 bits per heavy atom. The highest BCUT2D eigenvalue weighted by atomic mass is 16.5. The molecule has 3 rings (SSSR count). The van der Waals surface area contributed by atoms with Crippen LogP contribution in [0.3, 0.4) is 0 Å². The standard InChI is InChI=1S/C22H26N4O4/c1-15(27)24-17-8-6-16(7-9-17)14-23-26-12-4-5-19(26)22(28)25-18-10-11-20(29-2)21(13-18)30-3/h6-11,13-14,19H,4-5,12H2,1-3H3,(H,24,27)(H,25,28)/b23-14+. The first-order valence-electron chi connectivity index (χ1n) is 9.71. The Morgan fingerprint density at radius 3 is 2.40 bits per heavy atom. The molecule has 1 unspecified atom stereocenters. The third kappa shape index (κ3) is 5.28. The van der Waals surface area contributed by atoms with Gasteiger partial charge in [0, 0.05) is 30.9 Å². The molecule has 1 aliphatic heterocycles. The molecule has 0 saturated carbocycles. The number of carbonyl (C=O) groups is 2. The number of amides is 2. The number of hydrogen-bond acceptors (Lipinski definition) is 6. The van der Waals surface area contributed by atoms with Gasteiger partial charge in [0.05, 0.1) is 20.4 Å². The van der Waals surface area contributed by atoms with Crippen LogP contribution >= 0.6 is 0 Å². The zero-order valence-corrected chi connectivity index (χ0v) is 17.3. The molecule has 0 bridgehead atoms. The van der Waals surface area contributed by atoms with Crippen LogP contribution < -0.4 is 20.1 Å². The highest BCUT2D eigenvalue weighted by molar-refractivity contribution is 5.95. The van der Waals surface area contributed by atoms with Crippen molar-refractivity contribution in [2.75, 3.05) is 31.4 Å². The molecule has 0 aromatic heterocycles. The van der Waals surface area contributed by atoms with E-state index in [0.29, 0.717) is 23.7 Å². The normalized spacial score (nSPS) is 15.8. The van der Waals surface area contributed by atoms with E-state index in [2.05, 4.69) is 15.7 Å².